The Morgan fingerprint density at radius 2 is 1.78 bits per heavy atom. The van der Waals surface area contributed by atoms with Crippen molar-refractivity contribution in [3.63, 3.8) is 0 Å². The molecule has 2 N–H and O–H groups in total. The average molecular weight is 254 g/mol. The summed E-state index contributed by atoms with van der Waals surface area (Å²) >= 11 is 0. The van der Waals surface area contributed by atoms with E-state index in [1.165, 1.54) is 0 Å². The fourth-order valence-electron chi connectivity index (χ4n) is 3.43. The van der Waals surface area contributed by atoms with Gasteiger partial charge < -0.3 is 10.4 Å². The lowest BCUT2D eigenvalue weighted by molar-refractivity contribution is -0.130. The molecule has 4 heteroatoms. The van der Waals surface area contributed by atoms with Crippen molar-refractivity contribution in [2.45, 2.75) is 83.1 Å². The van der Waals surface area contributed by atoms with E-state index in [1.54, 1.807) is 0 Å². The largest absolute Gasteiger partial charge is 0.393 e. The number of amides is 1. The van der Waals surface area contributed by atoms with Crippen LogP contribution in [0.2, 0.25) is 0 Å². The first kappa shape index (κ1) is 13.8. The number of rotatable bonds is 2. The Kier molecular flexibility index (Phi) is 3.70. The van der Waals surface area contributed by atoms with Gasteiger partial charge in [-0.2, -0.15) is 0 Å². The predicted octanol–water partition coefficient (Wildman–Crippen LogP) is 1.28. The zero-order chi connectivity index (χ0) is 13.5. The molecule has 0 spiro atoms. The Labute approximate surface area is 110 Å². The van der Waals surface area contributed by atoms with Gasteiger partial charge in [0.2, 0.25) is 5.91 Å². The van der Waals surface area contributed by atoms with Crippen LogP contribution in [0.1, 0.15) is 53.4 Å². The van der Waals surface area contributed by atoms with Crippen molar-refractivity contribution in [1.82, 2.24) is 10.2 Å². The van der Waals surface area contributed by atoms with Gasteiger partial charge >= 0.3 is 0 Å². The Morgan fingerprint density at radius 3 is 2.22 bits per heavy atom. The number of carbonyl (C=O) groups is 1. The molecule has 1 amide bonds. The van der Waals surface area contributed by atoms with E-state index >= 15 is 0 Å². The summed E-state index contributed by atoms with van der Waals surface area (Å²) in [5.74, 6) is 0.107. The molecule has 2 bridgehead atoms. The predicted molar refractivity (Wildman–Crippen MR) is 71.2 cm³/mol. The van der Waals surface area contributed by atoms with E-state index in [9.17, 15) is 9.90 Å². The van der Waals surface area contributed by atoms with Crippen LogP contribution in [0.3, 0.4) is 0 Å². The number of carbonyl (C=O) groups excluding carboxylic acids is 1. The van der Waals surface area contributed by atoms with Gasteiger partial charge in [0.25, 0.3) is 0 Å². The minimum absolute atomic E-state index is 0.0887. The van der Waals surface area contributed by atoms with Crippen LogP contribution in [0.25, 0.3) is 0 Å². The molecule has 0 aromatic heterocycles. The van der Waals surface area contributed by atoms with Crippen LogP contribution >= 0.6 is 0 Å². The van der Waals surface area contributed by atoms with Crippen LogP contribution in [0.5, 0.6) is 0 Å². The first-order chi connectivity index (χ1) is 8.28. The van der Waals surface area contributed by atoms with Gasteiger partial charge in [-0.15, -0.1) is 0 Å². The van der Waals surface area contributed by atoms with Crippen LogP contribution < -0.4 is 5.32 Å². The standard InChI is InChI=1S/C14H26N2O2/c1-9(13(18)15-14(2,3)4)16-10-5-6-11(16)8-12(17)7-10/h9-12,17H,5-8H2,1-4H3,(H,15,18). The van der Waals surface area contributed by atoms with Crippen molar-refractivity contribution in [3.05, 3.63) is 0 Å². The highest BCUT2D eigenvalue weighted by molar-refractivity contribution is 5.82. The molecule has 2 heterocycles. The molecule has 104 valence electrons. The third kappa shape index (κ3) is 2.86. The summed E-state index contributed by atoms with van der Waals surface area (Å²) in [5, 5.41) is 12.8. The molecule has 4 nitrogen and oxygen atoms in total. The molecular weight excluding hydrogens is 228 g/mol. The van der Waals surface area contributed by atoms with Gasteiger partial charge in [0.05, 0.1) is 12.1 Å². The van der Waals surface area contributed by atoms with Crippen molar-refractivity contribution in [3.8, 4) is 0 Å². The summed E-state index contributed by atoms with van der Waals surface area (Å²) in [4.78, 5) is 14.6. The van der Waals surface area contributed by atoms with Gasteiger partial charge in [-0.3, -0.25) is 9.69 Å². The number of nitrogens with one attached hydrogen (secondary N) is 1. The van der Waals surface area contributed by atoms with Crippen molar-refractivity contribution in [2.24, 2.45) is 0 Å². The fraction of sp³-hybridized carbons (Fsp3) is 0.929. The molecule has 2 aliphatic rings. The Morgan fingerprint density at radius 1 is 1.28 bits per heavy atom. The monoisotopic (exact) mass is 254 g/mol. The highest BCUT2D eigenvalue weighted by atomic mass is 16.3. The molecule has 18 heavy (non-hydrogen) atoms. The lowest BCUT2D eigenvalue weighted by Gasteiger charge is -2.41. The number of piperidine rings is 1. The number of aliphatic hydroxyl groups is 1. The Balaban J connectivity index is 2.01. The van der Waals surface area contributed by atoms with Crippen molar-refractivity contribution in [1.29, 1.82) is 0 Å². The Hall–Kier alpha value is -0.610. The molecule has 3 unspecified atom stereocenters. The van der Waals surface area contributed by atoms with Crippen molar-refractivity contribution in [2.75, 3.05) is 0 Å². The van der Waals surface area contributed by atoms with Crippen LogP contribution in [0.15, 0.2) is 0 Å². The smallest absolute Gasteiger partial charge is 0.237 e. The molecule has 0 aliphatic carbocycles. The normalized spacial score (nSPS) is 34.4. The second-order valence-electron chi connectivity index (χ2n) is 6.87. The first-order valence-electron chi connectivity index (χ1n) is 7.05. The summed E-state index contributed by atoms with van der Waals surface area (Å²) < 4.78 is 0. The molecule has 2 saturated heterocycles. The van der Waals surface area contributed by atoms with E-state index in [-0.39, 0.29) is 23.6 Å². The van der Waals surface area contributed by atoms with E-state index in [4.69, 9.17) is 0 Å². The number of fused-ring (bicyclic) bond motifs is 2. The van der Waals surface area contributed by atoms with E-state index in [1.807, 2.05) is 27.7 Å². The molecular formula is C14H26N2O2. The van der Waals surface area contributed by atoms with Crippen molar-refractivity contribution < 1.29 is 9.90 Å². The molecule has 0 saturated carbocycles. The quantitative estimate of drug-likeness (QED) is 0.780. The maximum Gasteiger partial charge on any atom is 0.237 e. The zero-order valence-corrected chi connectivity index (χ0v) is 11.9. The second-order valence-corrected chi connectivity index (χ2v) is 6.87. The highest BCUT2D eigenvalue weighted by Crippen LogP contribution is 2.37. The van der Waals surface area contributed by atoms with Gasteiger partial charge in [-0.1, -0.05) is 0 Å². The second kappa shape index (κ2) is 4.82. The third-order valence-electron chi connectivity index (χ3n) is 4.09. The lowest BCUT2D eigenvalue weighted by atomic mass is 9.97. The van der Waals surface area contributed by atoms with E-state index in [0.717, 1.165) is 25.7 Å². The summed E-state index contributed by atoms with van der Waals surface area (Å²) in [5.41, 5.74) is -0.181. The molecule has 2 aliphatic heterocycles. The van der Waals surface area contributed by atoms with E-state index in [2.05, 4.69) is 10.2 Å². The third-order valence-corrected chi connectivity index (χ3v) is 4.09. The molecule has 3 atom stereocenters. The molecule has 0 radical (unpaired) electrons. The van der Waals surface area contributed by atoms with Crippen LogP contribution in [-0.2, 0) is 4.79 Å². The van der Waals surface area contributed by atoms with Gasteiger partial charge in [0.1, 0.15) is 0 Å². The van der Waals surface area contributed by atoms with Crippen LogP contribution in [-0.4, -0.2) is 45.7 Å². The molecule has 0 aromatic rings. The first-order valence-corrected chi connectivity index (χ1v) is 7.05. The minimum atomic E-state index is -0.181. The lowest BCUT2D eigenvalue weighted by Crippen LogP contribution is -2.56. The average Bonchev–Trinajstić information content (AvgIpc) is 2.47. The topological polar surface area (TPSA) is 52.6 Å². The summed E-state index contributed by atoms with van der Waals surface area (Å²) in [7, 11) is 0. The maximum atomic E-state index is 12.2. The number of hydrogen-bond donors (Lipinski definition) is 2. The van der Waals surface area contributed by atoms with Gasteiger partial charge in [-0.25, -0.2) is 0 Å². The van der Waals surface area contributed by atoms with Crippen molar-refractivity contribution >= 4 is 5.91 Å². The van der Waals surface area contributed by atoms with Crippen LogP contribution in [0.4, 0.5) is 0 Å². The summed E-state index contributed by atoms with van der Waals surface area (Å²) in [6, 6.07) is 0.688. The SMILES string of the molecule is CC(C(=O)NC(C)(C)C)N1C2CCC1CC(O)C2. The van der Waals surface area contributed by atoms with E-state index in [0.29, 0.717) is 12.1 Å². The number of nitrogens with zero attached hydrogens (tertiary/aromatic N) is 1. The highest BCUT2D eigenvalue weighted by Gasteiger charge is 2.44. The molecule has 0 aromatic carbocycles. The van der Waals surface area contributed by atoms with Gasteiger partial charge in [0, 0.05) is 17.6 Å². The summed E-state index contributed by atoms with van der Waals surface area (Å²) in [6.45, 7) is 8.01. The fourth-order valence-corrected chi connectivity index (χ4v) is 3.43. The number of aliphatic hydroxyl groups excluding tert-OH is 1. The van der Waals surface area contributed by atoms with E-state index < -0.39 is 0 Å². The Bertz CT molecular complexity index is 310. The maximum absolute atomic E-state index is 12.2. The zero-order valence-electron chi connectivity index (χ0n) is 11.9. The summed E-state index contributed by atoms with van der Waals surface area (Å²) in [6.07, 6.45) is 3.72. The van der Waals surface area contributed by atoms with Gasteiger partial charge in [-0.05, 0) is 53.4 Å². The molecule has 2 rings (SSSR count). The number of hydrogen-bond acceptors (Lipinski definition) is 3. The van der Waals surface area contributed by atoms with Crippen LogP contribution in [0, 0.1) is 0 Å². The minimum Gasteiger partial charge on any atom is -0.393 e. The molecule has 2 fully saturated rings. The van der Waals surface area contributed by atoms with Gasteiger partial charge in [0.15, 0.2) is 0 Å².